The standard InChI is InChI=1S/C15H19F3O/c16-12-9-14(18)13(17)8-11(12)15(19)7-6-10-4-2-1-3-5-10/h8-10,15,19H,1-7H2. The van der Waals surface area contributed by atoms with Crippen LogP contribution in [0.5, 0.6) is 0 Å². The summed E-state index contributed by atoms with van der Waals surface area (Å²) in [6, 6.07) is 1.25. The lowest BCUT2D eigenvalue weighted by atomic mass is 9.85. The lowest BCUT2D eigenvalue weighted by molar-refractivity contribution is 0.146. The van der Waals surface area contributed by atoms with Crippen molar-refractivity contribution < 1.29 is 18.3 Å². The second-order valence-corrected chi connectivity index (χ2v) is 5.39. The highest BCUT2D eigenvalue weighted by molar-refractivity contribution is 5.22. The molecule has 1 saturated carbocycles. The molecule has 1 aromatic carbocycles. The van der Waals surface area contributed by atoms with Gasteiger partial charge in [0.1, 0.15) is 5.82 Å². The highest BCUT2D eigenvalue weighted by atomic mass is 19.2. The monoisotopic (exact) mass is 272 g/mol. The number of aliphatic hydroxyl groups excluding tert-OH is 1. The first-order chi connectivity index (χ1) is 9.08. The first-order valence-corrected chi connectivity index (χ1v) is 6.90. The van der Waals surface area contributed by atoms with Crippen molar-refractivity contribution >= 4 is 0 Å². The van der Waals surface area contributed by atoms with E-state index in [4.69, 9.17) is 0 Å². The van der Waals surface area contributed by atoms with Gasteiger partial charge in [-0.05, 0) is 24.8 Å². The van der Waals surface area contributed by atoms with Crippen LogP contribution < -0.4 is 0 Å². The zero-order chi connectivity index (χ0) is 13.8. The van der Waals surface area contributed by atoms with Crippen LogP contribution >= 0.6 is 0 Å². The molecule has 1 aliphatic carbocycles. The van der Waals surface area contributed by atoms with Gasteiger partial charge in [0.15, 0.2) is 11.6 Å². The molecule has 1 aliphatic rings. The minimum Gasteiger partial charge on any atom is -0.388 e. The van der Waals surface area contributed by atoms with Gasteiger partial charge in [0.05, 0.1) is 6.10 Å². The predicted octanol–water partition coefficient (Wildman–Crippen LogP) is 4.50. The topological polar surface area (TPSA) is 20.2 Å². The lowest BCUT2D eigenvalue weighted by Gasteiger charge is -2.22. The normalized spacial score (nSPS) is 18.5. The summed E-state index contributed by atoms with van der Waals surface area (Å²) in [7, 11) is 0. The number of rotatable bonds is 4. The molecule has 0 heterocycles. The fraction of sp³-hybridized carbons (Fsp3) is 0.600. The van der Waals surface area contributed by atoms with Crippen LogP contribution in [0.3, 0.4) is 0 Å². The van der Waals surface area contributed by atoms with Gasteiger partial charge in [-0.3, -0.25) is 0 Å². The molecule has 2 rings (SSSR count). The molecule has 0 amide bonds. The maximum Gasteiger partial charge on any atom is 0.161 e. The van der Waals surface area contributed by atoms with E-state index in [0.717, 1.165) is 25.3 Å². The highest BCUT2D eigenvalue weighted by Crippen LogP contribution is 2.31. The van der Waals surface area contributed by atoms with Crippen molar-refractivity contribution in [1.82, 2.24) is 0 Å². The van der Waals surface area contributed by atoms with Crippen LogP contribution in [0.25, 0.3) is 0 Å². The van der Waals surface area contributed by atoms with E-state index in [1.165, 1.54) is 19.3 Å². The Bertz CT molecular complexity index is 428. The van der Waals surface area contributed by atoms with Crippen molar-refractivity contribution in [2.45, 2.75) is 51.0 Å². The molecule has 1 atom stereocenters. The molecule has 4 heteroatoms. The van der Waals surface area contributed by atoms with Gasteiger partial charge >= 0.3 is 0 Å². The fourth-order valence-corrected chi connectivity index (χ4v) is 2.82. The molecule has 0 aliphatic heterocycles. The van der Waals surface area contributed by atoms with Gasteiger partial charge in [0, 0.05) is 11.6 Å². The van der Waals surface area contributed by atoms with Crippen LogP contribution in [0.2, 0.25) is 0 Å². The third-order valence-corrected chi connectivity index (χ3v) is 3.97. The summed E-state index contributed by atoms with van der Waals surface area (Å²) in [5.41, 5.74) is -0.144. The maximum atomic E-state index is 13.5. The third-order valence-electron chi connectivity index (χ3n) is 3.97. The van der Waals surface area contributed by atoms with Gasteiger partial charge < -0.3 is 5.11 Å². The quantitative estimate of drug-likeness (QED) is 0.800. The molecule has 0 radical (unpaired) electrons. The Labute approximate surface area is 111 Å². The van der Waals surface area contributed by atoms with Crippen molar-refractivity contribution in [3.8, 4) is 0 Å². The molecule has 1 fully saturated rings. The van der Waals surface area contributed by atoms with Crippen LogP contribution in [-0.4, -0.2) is 5.11 Å². The number of hydrogen-bond donors (Lipinski definition) is 1. The Hall–Kier alpha value is -1.03. The Kier molecular flexibility index (Phi) is 4.86. The fourth-order valence-electron chi connectivity index (χ4n) is 2.82. The molecule has 0 saturated heterocycles. The molecule has 1 N–H and O–H groups in total. The smallest absolute Gasteiger partial charge is 0.161 e. The SMILES string of the molecule is OC(CCC1CCCCC1)c1cc(F)c(F)cc1F. The second kappa shape index (κ2) is 6.42. The second-order valence-electron chi connectivity index (χ2n) is 5.39. The van der Waals surface area contributed by atoms with Crippen LogP contribution in [0.4, 0.5) is 13.2 Å². The zero-order valence-electron chi connectivity index (χ0n) is 10.8. The molecular weight excluding hydrogens is 253 g/mol. The summed E-state index contributed by atoms with van der Waals surface area (Å²) in [6.45, 7) is 0. The van der Waals surface area contributed by atoms with Crippen LogP contribution in [0, 0.1) is 23.4 Å². The van der Waals surface area contributed by atoms with Crippen LogP contribution in [-0.2, 0) is 0 Å². The Morgan fingerprint density at radius 3 is 2.32 bits per heavy atom. The van der Waals surface area contributed by atoms with Crippen LogP contribution in [0.1, 0.15) is 56.6 Å². The molecular formula is C15H19F3O. The zero-order valence-corrected chi connectivity index (χ0v) is 10.8. The third kappa shape index (κ3) is 3.72. The molecule has 106 valence electrons. The molecule has 1 nitrogen and oxygen atoms in total. The summed E-state index contributed by atoms with van der Waals surface area (Å²) in [6.07, 6.45) is 6.11. The minimum absolute atomic E-state index is 0.144. The molecule has 0 aromatic heterocycles. The van der Waals surface area contributed by atoms with E-state index < -0.39 is 23.6 Å². The molecule has 19 heavy (non-hydrogen) atoms. The van der Waals surface area contributed by atoms with E-state index in [2.05, 4.69) is 0 Å². The lowest BCUT2D eigenvalue weighted by Crippen LogP contribution is -2.09. The number of hydrogen-bond acceptors (Lipinski definition) is 1. The predicted molar refractivity (Wildman–Crippen MR) is 67.1 cm³/mol. The van der Waals surface area contributed by atoms with Crippen molar-refractivity contribution in [1.29, 1.82) is 0 Å². The Morgan fingerprint density at radius 2 is 1.63 bits per heavy atom. The van der Waals surface area contributed by atoms with Crippen LogP contribution in [0.15, 0.2) is 12.1 Å². The van der Waals surface area contributed by atoms with Crippen molar-refractivity contribution in [3.63, 3.8) is 0 Å². The summed E-state index contributed by atoms with van der Waals surface area (Å²) < 4.78 is 39.3. The van der Waals surface area contributed by atoms with Crippen molar-refractivity contribution in [2.75, 3.05) is 0 Å². The van der Waals surface area contributed by atoms with Gasteiger partial charge in [-0.2, -0.15) is 0 Å². The molecule has 0 spiro atoms. The first kappa shape index (κ1) is 14.4. The first-order valence-electron chi connectivity index (χ1n) is 6.90. The summed E-state index contributed by atoms with van der Waals surface area (Å²) >= 11 is 0. The number of halogens is 3. The van der Waals surface area contributed by atoms with Gasteiger partial charge in [0.25, 0.3) is 0 Å². The van der Waals surface area contributed by atoms with E-state index in [1.807, 2.05) is 0 Å². The van der Waals surface area contributed by atoms with Crippen molar-refractivity contribution in [2.24, 2.45) is 5.92 Å². The maximum absolute atomic E-state index is 13.5. The van der Waals surface area contributed by atoms with Gasteiger partial charge in [0.2, 0.25) is 0 Å². The summed E-state index contributed by atoms with van der Waals surface area (Å²) in [5.74, 6) is -2.65. The van der Waals surface area contributed by atoms with E-state index in [1.54, 1.807) is 0 Å². The van der Waals surface area contributed by atoms with E-state index in [9.17, 15) is 18.3 Å². The van der Waals surface area contributed by atoms with Gasteiger partial charge in [-0.15, -0.1) is 0 Å². The largest absolute Gasteiger partial charge is 0.388 e. The average Bonchev–Trinajstić information content (AvgIpc) is 2.41. The van der Waals surface area contributed by atoms with E-state index >= 15 is 0 Å². The Balaban J connectivity index is 1.95. The number of benzene rings is 1. The molecule has 1 unspecified atom stereocenters. The highest BCUT2D eigenvalue weighted by Gasteiger charge is 2.19. The van der Waals surface area contributed by atoms with Crippen molar-refractivity contribution in [3.05, 3.63) is 35.1 Å². The summed E-state index contributed by atoms with van der Waals surface area (Å²) in [4.78, 5) is 0. The van der Waals surface area contributed by atoms with E-state index in [-0.39, 0.29) is 5.56 Å². The van der Waals surface area contributed by atoms with Gasteiger partial charge in [-0.1, -0.05) is 32.1 Å². The van der Waals surface area contributed by atoms with E-state index in [0.29, 0.717) is 18.4 Å². The average molecular weight is 272 g/mol. The Morgan fingerprint density at radius 1 is 1.00 bits per heavy atom. The minimum atomic E-state index is -1.22. The van der Waals surface area contributed by atoms with Gasteiger partial charge in [-0.25, -0.2) is 13.2 Å². The summed E-state index contributed by atoms with van der Waals surface area (Å²) in [5, 5.41) is 9.92. The number of aliphatic hydroxyl groups is 1. The molecule has 0 bridgehead atoms. The molecule has 1 aromatic rings.